The Balaban J connectivity index is 1.46. The van der Waals surface area contributed by atoms with Gasteiger partial charge in [0.2, 0.25) is 0 Å². The Morgan fingerprint density at radius 1 is 1.14 bits per heavy atom. The molecule has 4 rings (SSSR count). The molecule has 1 fully saturated rings. The summed E-state index contributed by atoms with van der Waals surface area (Å²) in [5.74, 6) is 0.0843. The minimum absolute atomic E-state index is 0.0720. The quantitative estimate of drug-likeness (QED) is 0.625. The van der Waals surface area contributed by atoms with Gasteiger partial charge in [-0.2, -0.15) is 13.2 Å². The second kappa shape index (κ2) is 7.18. The van der Waals surface area contributed by atoms with Crippen molar-refractivity contribution < 1.29 is 22.5 Å². The second-order valence-corrected chi connectivity index (χ2v) is 7.06. The maximum Gasteiger partial charge on any atom is 0.417 e. The highest BCUT2D eigenvalue weighted by atomic mass is 35.5. The van der Waals surface area contributed by atoms with E-state index in [0.29, 0.717) is 48.5 Å². The Hall–Kier alpha value is -2.88. The number of anilines is 1. The van der Waals surface area contributed by atoms with E-state index in [0.717, 1.165) is 12.3 Å². The molecule has 0 bridgehead atoms. The van der Waals surface area contributed by atoms with Gasteiger partial charge in [-0.1, -0.05) is 16.8 Å². The maximum atomic E-state index is 12.8. The monoisotopic (exact) mass is 425 g/mol. The van der Waals surface area contributed by atoms with Crippen molar-refractivity contribution in [1.82, 2.24) is 20.0 Å². The minimum atomic E-state index is -4.50. The molecule has 0 saturated carbocycles. The lowest BCUT2D eigenvalue weighted by molar-refractivity contribution is -0.137. The number of pyridine rings is 2. The van der Waals surface area contributed by atoms with Crippen molar-refractivity contribution in [2.24, 2.45) is 0 Å². The average molecular weight is 426 g/mol. The third-order valence-electron chi connectivity index (χ3n) is 4.77. The fraction of sp³-hybridized carbons (Fsp3) is 0.333. The standard InChI is InChI=1S/C18H15ClF3N5O2/c1-10-13-6-11(8-24-16(13)29-25-10)17(28)27-4-2-26(3-5-27)15-14(19)7-12(9-23-15)18(20,21)22/h6-9H,2-5H2,1H3. The van der Waals surface area contributed by atoms with Crippen molar-refractivity contribution in [3.63, 3.8) is 0 Å². The highest BCUT2D eigenvalue weighted by molar-refractivity contribution is 6.33. The van der Waals surface area contributed by atoms with E-state index >= 15 is 0 Å². The number of rotatable bonds is 2. The van der Waals surface area contributed by atoms with Gasteiger partial charge in [-0.05, 0) is 19.1 Å². The number of alkyl halides is 3. The number of carbonyl (C=O) groups excluding carboxylic acids is 1. The van der Waals surface area contributed by atoms with Gasteiger partial charge < -0.3 is 14.3 Å². The first-order chi connectivity index (χ1) is 13.7. The SMILES string of the molecule is Cc1noc2ncc(C(=O)N3CCN(c4ncc(C(F)(F)F)cc4Cl)CC3)cc12. The fourth-order valence-electron chi connectivity index (χ4n) is 3.18. The van der Waals surface area contributed by atoms with Crippen LogP contribution >= 0.6 is 11.6 Å². The summed E-state index contributed by atoms with van der Waals surface area (Å²) in [5, 5.41) is 4.43. The zero-order valence-electron chi connectivity index (χ0n) is 15.2. The lowest BCUT2D eigenvalue weighted by Gasteiger charge is -2.35. The van der Waals surface area contributed by atoms with Crippen molar-refractivity contribution in [3.8, 4) is 0 Å². The lowest BCUT2D eigenvalue weighted by Crippen LogP contribution is -2.49. The molecule has 11 heteroatoms. The van der Waals surface area contributed by atoms with Gasteiger partial charge in [0.25, 0.3) is 11.6 Å². The van der Waals surface area contributed by atoms with Crippen molar-refractivity contribution >= 4 is 34.4 Å². The topological polar surface area (TPSA) is 75.4 Å². The van der Waals surface area contributed by atoms with Crippen molar-refractivity contribution in [1.29, 1.82) is 0 Å². The molecule has 1 aliphatic heterocycles. The van der Waals surface area contributed by atoms with Crippen LogP contribution in [0.3, 0.4) is 0 Å². The molecule has 0 N–H and O–H groups in total. The molecule has 0 unspecified atom stereocenters. The summed E-state index contributed by atoms with van der Waals surface area (Å²) in [6.45, 7) is 3.30. The molecule has 3 aromatic rings. The number of fused-ring (bicyclic) bond motifs is 1. The van der Waals surface area contributed by atoms with Crippen LogP contribution in [0.2, 0.25) is 5.02 Å². The molecule has 0 spiro atoms. The zero-order chi connectivity index (χ0) is 20.8. The van der Waals surface area contributed by atoms with E-state index in [1.54, 1.807) is 22.8 Å². The molecule has 4 heterocycles. The summed E-state index contributed by atoms with van der Waals surface area (Å²) < 4.78 is 43.4. The first-order valence-electron chi connectivity index (χ1n) is 8.73. The molecular weight excluding hydrogens is 411 g/mol. The molecule has 0 radical (unpaired) electrons. The summed E-state index contributed by atoms with van der Waals surface area (Å²) >= 11 is 6.02. The Labute approximate surface area is 168 Å². The fourth-order valence-corrected chi connectivity index (χ4v) is 3.47. The number of nitrogens with zero attached hydrogens (tertiary/aromatic N) is 5. The van der Waals surface area contributed by atoms with Gasteiger partial charge in [0.05, 0.1) is 27.2 Å². The van der Waals surface area contributed by atoms with Crippen LogP contribution < -0.4 is 4.90 Å². The van der Waals surface area contributed by atoms with E-state index in [9.17, 15) is 18.0 Å². The van der Waals surface area contributed by atoms with E-state index in [4.69, 9.17) is 16.1 Å². The molecule has 1 saturated heterocycles. The van der Waals surface area contributed by atoms with E-state index in [1.807, 2.05) is 0 Å². The predicted octanol–water partition coefficient (Wildman–Crippen LogP) is 3.56. The largest absolute Gasteiger partial charge is 0.417 e. The highest BCUT2D eigenvalue weighted by Gasteiger charge is 2.32. The zero-order valence-corrected chi connectivity index (χ0v) is 16.0. The predicted molar refractivity (Wildman–Crippen MR) is 98.9 cm³/mol. The maximum absolute atomic E-state index is 12.8. The van der Waals surface area contributed by atoms with E-state index in [-0.39, 0.29) is 16.7 Å². The van der Waals surface area contributed by atoms with Gasteiger partial charge in [0, 0.05) is 38.6 Å². The van der Waals surface area contributed by atoms with Crippen LogP contribution in [-0.4, -0.2) is 52.1 Å². The molecule has 0 aliphatic carbocycles. The minimum Gasteiger partial charge on any atom is -0.352 e. The third-order valence-corrected chi connectivity index (χ3v) is 5.05. The van der Waals surface area contributed by atoms with Gasteiger partial charge in [0.15, 0.2) is 0 Å². The second-order valence-electron chi connectivity index (χ2n) is 6.65. The smallest absolute Gasteiger partial charge is 0.352 e. The molecule has 7 nitrogen and oxygen atoms in total. The van der Waals surface area contributed by atoms with Crippen LogP contribution in [0.5, 0.6) is 0 Å². The summed E-state index contributed by atoms with van der Waals surface area (Å²) in [4.78, 5) is 24.2. The first-order valence-corrected chi connectivity index (χ1v) is 9.11. The van der Waals surface area contributed by atoms with Crippen LogP contribution in [-0.2, 0) is 6.18 Å². The Bertz CT molecular complexity index is 1080. The number of carbonyl (C=O) groups is 1. The molecular formula is C18H15ClF3N5O2. The molecule has 1 amide bonds. The summed E-state index contributed by atoms with van der Waals surface area (Å²) in [5.41, 5.74) is 0.539. The van der Waals surface area contributed by atoms with E-state index in [1.165, 1.54) is 6.20 Å². The molecule has 152 valence electrons. The molecule has 29 heavy (non-hydrogen) atoms. The van der Waals surface area contributed by atoms with E-state index < -0.39 is 11.7 Å². The van der Waals surface area contributed by atoms with Gasteiger partial charge >= 0.3 is 6.18 Å². The van der Waals surface area contributed by atoms with Crippen LogP contribution in [0.15, 0.2) is 29.0 Å². The molecule has 0 aromatic carbocycles. The molecule has 0 atom stereocenters. The Morgan fingerprint density at radius 3 is 2.52 bits per heavy atom. The average Bonchev–Trinajstić information content (AvgIpc) is 3.07. The van der Waals surface area contributed by atoms with Crippen LogP contribution in [0.1, 0.15) is 21.6 Å². The molecule has 1 aliphatic rings. The van der Waals surface area contributed by atoms with Crippen LogP contribution in [0.4, 0.5) is 19.0 Å². The van der Waals surface area contributed by atoms with Crippen molar-refractivity contribution in [3.05, 3.63) is 46.4 Å². The number of piperazine rings is 1. The van der Waals surface area contributed by atoms with Crippen LogP contribution in [0, 0.1) is 6.92 Å². The van der Waals surface area contributed by atoms with Gasteiger partial charge in [-0.3, -0.25) is 4.79 Å². The van der Waals surface area contributed by atoms with Gasteiger partial charge in [-0.15, -0.1) is 0 Å². The molecule has 3 aromatic heterocycles. The number of aryl methyl sites for hydroxylation is 1. The number of amides is 1. The number of aromatic nitrogens is 3. The number of hydrogen-bond acceptors (Lipinski definition) is 6. The van der Waals surface area contributed by atoms with Gasteiger partial charge in [-0.25, -0.2) is 9.97 Å². The Morgan fingerprint density at radius 2 is 1.86 bits per heavy atom. The summed E-state index contributed by atoms with van der Waals surface area (Å²) in [7, 11) is 0. The summed E-state index contributed by atoms with van der Waals surface area (Å²) in [6, 6.07) is 2.56. The van der Waals surface area contributed by atoms with Crippen LogP contribution in [0.25, 0.3) is 11.1 Å². The lowest BCUT2D eigenvalue weighted by atomic mass is 10.1. The highest BCUT2D eigenvalue weighted by Crippen LogP contribution is 2.33. The Kier molecular flexibility index (Phi) is 4.81. The van der Waals surface area contributed by atoms with Gasteiger partial charge in [0.1, 0.15) is 5.82 Å². The first kappa shape index (κ1) is 19.4. The summed E-state index contributed by atoms with van der Waals surface area (Å²) in [6.07, 6.45) is -2.30. The van der Waals surface area contributed by atoms with E-state index in [2.05, 4.69) is 15.1 Å². The normalized spacial score (nSPS) is 15.2. The van der Waals surface area contributed by atoms with Crippen molar-refractivity contribution in [2.45, 2.75) is 13.1 Å². The number of hydrogen-bond donors (Lipinski definition) is 0. The number of halogens is 4. The third kappa shape index (κ3) is 3.71. The van der Waals surface area contributed by atoms with Crippen molar-refractivity contribution in [2.75, 3.05) is 31.1 Å².